The van der Waals surface area contributed by atoms with Gasteiger partial charge in [0, 0.05) is 10.6 Å². The van der Waals surface area contributed by atoms with Gasteiger partial charge in [-0.2, -0.15) is 0 Å². The quantitative estimate of drug-likeness (QED) is 0.798. The second kappa shape index (κ2) is 7.38. The summed E-state index contributed by atoms with van der Waals surface area (Å²) in [6.07, 6.45) is 0. The van der Waals surface area contributed by atoms with Gasteiger partial charge < -0.3 is 5.32 Å². The maximum atomic E-state index is 12.2. The number of benzene rings is 2. The van der Waals surface area contributed by atoms with Crippen LogP contribution in [0, 0.1) is 20.8 Å². The molecule has 0 radical (unpaired) electrons. The Kier molecular flexibility index (Phi) is 5.69. The minimum atomic E-state index is -3.82. The first-order chi connectivity index (χ1) is 11.2. The summed E-state index contributed by atoms with van der Waals surface area (Å²) in [5, 5.41) is 7.94. The number of nitrogens with one attached hydrogen (secondary N) is 1. The van der Waals surface area contributed by atoms with E-state index in [0.717, 1.165) is 21.6 Å². The molecule has 0 unspecified atom stereocenters. The molecule has 128 valence electrons. The van der Waals surface area contributed by atoms with Crippen LogP contribution in [0.5, 0.6) is 0 Å². The Bertz CT molecular complexity index is 860. The molecule has 3 N–H and O–H groups in total. The van der Waals surface area contributed by atoms with Crippen LogP contribution in [0.4, 0.5) is 5.69 Å². The van der Waals surface area contributed by atoms with Gasteiger partial charge in [-0.25, -0.2) is 13.6 Å². The van der Waals surface area contributed by atoms with Crippen LogP contribution in [-0.2, 0) is 14.8 Å². The zero-order valence-electron chi connectivity index (χ0n) is 13.8. The number of sulfonamides is 1. The third kappa shape index (κ3) is 4.83. The molecule has 0 saturated heterocycles. The van der Waals surface area contributed by atoms with Gasteiger partial charge in [0.1, 0.15) is 0 Å². The number of carbonyl (C=O) groups excluding carboxylic acids is 1. The van der Waals surface area contributed by atoms with E-state index in [1.807, 2.05) is 38.1 Å². The van der Waals surface area contributed by atoms with Crippen molar-refractivity contribution < 1.29 is 13.2 Å². The molecule has 0 saturated carbocycles. The average molecular weight is 364 g/mol. The summed E-state index contributed by atoms with van der Waals surface area (Å²) in [7, 11) is -3.82. The number of anilines is 1. The second-order valence-corrected chi connectivity index (χ2v) is 8.22. The lowest BCUT2D eigenvalue weighted by Crippen LogP contribution is -2.17. The topological polar surface area (TPSA) is 89.3 Å². The maximum absolute atomic E-state index is 12.2. The molecule has 2 rings (SSSR count). The molecule has 0 aliphatic heterocycles. The van der Waals surface area contributed by atoms with E-state index in [1.165, 1.54) is 23.9 Å². The van der Waals surface area contributed by atoms with Crippen molar-refractivity contribution in [2.75, 3.05) is 11.1 Å². The number of hydrogen-bond acceptors (Lipinski definition) is 4. The Morgan fingerprint density at radius 2 is 1.75 bits per heavy atom. The van der Waals surface area contributed by atoms with Crippen LogP contribution in [0.15, 0.2) is 46.2 Å². The third-order valence-corrected chi connectivity index (χ3v) is 5.54. The molecule has 7 heteroatoms. The predicted molar refractivity (Wildman–Crippen MR) is 97.8 cm³/mol. The highest BCUT2D eigenvalue weighted by molar-refractivity contribution is 8.00. The summed E-state index contributed by atoms with van der Waals surface area (Å²) >= 11 is 1.42. The lowest BCUT2D eigenvalue weighted by molar-refractivity contribution is -0.113. The first kappa shape index (κ1) is 18.5. The standard InChI is InChI=1S/C17H20N2O3S2/c1-11-4-6-14(7-5-11)23-10-17(20)19-16-9-15(24(18,21)22)8-12(2)13(16)3/h4-9H,10H2,1-3H3,(H,19,20)(H2,18,21,22). The molecule has 2 aromatic rings. The lowest BCUT2D eigenvalue weighted by Gasteiger charge is -2.12. The van der Waals surface area contributed by atoms with E-state index >= 15 is 0 Å². The average Bonchev–Trinajstić information content (AvgIpc) is 2.50. The van der Waals surface area contributed by atoms with Gasteiger partial charge in [-0.1, -0.05) is 17.7 Å². The van der Waals surface area contributed by atoms with Gasteiger partial charge in [-0.3, -0.25) is 4.79 Å². The van der Waals surface area contributed by atoms with Gasteiger partial charge in [0.15, 0.2) is 0 Å². The van der Waals surface area contributed by atoms with Crippen LogP contribution in [0.25, 0.3) is 0 Å². The van der Waals surface area contributed by atoms with Crippen LogP contribution in [0.2, 0.25) is 0 Å². The van der Waals surface area contributed by atoms with Crippen molar-refractivity contribution in [3.8, 4) is 0 Å². The molecule has 0 atom stereocenters. The molecule has 0 aromatic heterocycles. The monoisotopic (exact) mass is 364 g/mol. The van der Waals surface area contributed by atoms with E-state index < -0.39 is 10.0 Å². The second-order valence-electron chi connectivity index (χ2n) is 5.61. The lowest BCUT2D eigenvalue weighted by atomic mass is 10.1. The Morgan fingerprint density at radius 1 is 1.12 bits per heavy atom. The molecule has 1 amide bonds. The molecule has 0 fully saturated rings. The number of hydrogen-bond donors (Lipinski definition) is 2. The predicted octanol–water partition coefficient (Wildman–Crippen LogP) is 2.99. The van der Waals surface area contributed by atoms with Gasteiger partial charge in [0.25, 0.3) is 0 Å². The zero-order valence-corrected chi connectivity index (χ0v) is 15.4. The number of thioether (sulfide) groups is 1. The Balaban J connectivity index is 2.11. The van der Waals surface area contributed by atoms with Gasteiger partial charge in [-0.05, 0) is 56.2 Å². The summed E-state index contributed by atoms with van der Waals surface area (Å²) in [6, 6.07) is 10.8. The van der Waals surface area contributed by atoms with Crippen LogP contribution < -0.4 is 10.5 Å². The minimum absolute atomic E-state index is 0.00733. The van der Waals surface area contributed by atoms with Crippen LogP contribution in [0.1, 0.15) is 16.7 Å². The molecule has 5 nitrogen and oxygen atoms in total. The fourth-order valence-corrected chi connectivity index (χ4v) is 3.41. The van der Waals surface area contributed by atoms with Crippen LogP contribution in [-0.4, -0.2) is 20.1 Å². The summed E-state index contributed by atoms with van der Waals surface area (Å²) in [4.78, 5) is 13.2. The summed E-state index contributed by atoms with van der Waals surface area (Å²) in [6.45, 7) is 5.61. The van der Waals surface area contributed by atoms with Crippen molar-refractivity contribution in [2.45, 2.75) is 30.6 Å². The van der Waals surface area contributed by atoms with Crippen molar-refractivity contribution in [3.63, 3.8) is 0 Å². The van der Waals surface area contributed by atoms with Gasteiger partial charge in [-0.15, -0.1) is 11.8 Å². The largest absolute Gasteiger partial charge is 0.325 e. The summed E-state index contributed by atoms with van der Waals surface area (Å²) in [5.74, 6) is 0.0378. The maximum Gasteiger partial charge on any atom is 0.238 e. The van der Waals surface area contributed by atoms with Crippen LogP contribution >= 0.6 is 11.8 Å². The van der Waals surface area contributed by atoms with Crippen molar-refractivity contribution in [1.82, 2.24) is 0 Å². The Hall–Kier alpha value is -1.83. The molecule has 0 aliphatic rings. The van der Waals surface area contributed by atoms with E-state index in [-0.39, 0.29) is 16.6 Å². The molecule has 0 heterocycles. The van der Waals surface area contributed by atoms with Crippen molar-refractivity contribution in [2.24, 2.45) is 5.14 Å². The van der Waals surface area contributed by atoms with E-state index in [1.54, 1.807) is 6.92 Å². The van der Waals surface area contributed by atoms with Gasteiger partial charge in [0.05, 0.1) is 10.6 Å². The highest BCUT2D eigenvalue weighted by Gasteiger charge is 2.14. The summed E-state index contributed by atoms with van der Waals surface area (Å²) < 4.78 is 23.1. The smallest absolute Gasteiger partial charge is 0.238 e. The fourth-order valence-electron chi connectivity index (χ4n) is 2.09. The number of nitrogens with two attached hydrogens (primary N) is 1. The third-order valence-electron chi connectivity index (χ3n) is 3.63. The number of amides is 1. The van der Waals surface area contributed by atoms with E-state index in [0.29, 0.717) is 5.69 Å². The first-order valence-corrected chi connectivity index (χ1v) is 9.83. The van der Waals surface area contributed by atoms with Crippen molar-refractivity contribution >= 4 is 33.4 Å². The molecular weight excluding hydrogens is 344 g/mol. The SMILES string of the molecule is Cc1ccc(SCC(=O)Nc2cc(S(N)(=O)=O)cc(C)c2C)cc1. The molecule has 2 aromatic carbocycles. The Labute approximate surface area is 146 Å². The normalized spacial score (nSPS) is 11.3. The van der Waals surface area contributed by atoms with Gasteiger partial charge in [0.2, 0.25) is 15.9 Å². The van der Waals surface area contributed by atoms with E-state index in [2.05, 4.69) is 5.32 Å². The summed E-state index contributed by atoms with van der Waals surface area (Å²) in [5.41, 5.74) is 3.20. The zero-order chi connectivity index (χ0) is 17.9. The molecule has 24 heavy (non-hydrogen) atoms. The van der Waals surface area contributed by atoms with E-state index in [4.69, 9.17) is 5.14 Å². The molecule has 0 aliphatic carbocycles. The van der Waals surface area contributed by atoms with Crippen LogP contribution in [0.3, 0.4) is 0 Å². The highest BCUT2D eigenvalue weighted by atomic mass is 32.2. The van der Waals surface area contributed by atoms with Crippen molar-refractivity contribution in [3.05, 3.63) is 53.1 Å². The first-order valence-electron chi connectivity index (χ1n) is 7.30. The number of primary sulfonamides is 1. The molecule has 0 bridgehead atoms. The fraction of sp³-hybridized carbons (Fsp3) is 0.235. The number of rotatable bonds is 5. The minimum Gasteiger partial charge on any atom is -0.325 e. The van der Waals surface area contributed by atoms with E-state index in [9.17, 15) is 13.2 Å². The number of aryl methyl sites for hydroxylation is 2. The van der Waals surface area contributed by atoms with Crippen molar-refractivity contribution in [1.29, 1.82) is 0 Å². The highest BCUT2D eigenvalue weighted by Crippen LogP contribution is 2.24. The number of carbonyl (C=O) groups is 1. The van der Waals surface area contributed by atoms with Gasteiger partial charge >= 0.3 is 0 Å². The Morgan fingerprint density at radius 3 is 2.33 bits per heavy atom. The molecular formula is C17H20N2O3S2. The molecule has 0 spiro atoms.